The highest BCUT2D eigenvalue weighted by Crippen LogP contribution is 2.21. The Labute approximate surface area is 222 Å². The third-order valence-electron chi connectivity index (χ3n) is 5.74. The topological polar surface area (TPSA) is 86.2 Å². The number of hydrazone groups is 1. The fraction of sp³-hybridized carbons (Fsp3) is 0.194. The summed E-state index contributed by atoms with van der Waals surface area (Å²) in [5, 5.41) is 6.14. The maximum Gasteiger partial charge on any atom is 0.343 e. The number of hydrogen-bond acceptors (Lipinski definition) is 6. The van der Waals surface area contributed by atoms with Crippen molar-refractivity contribution >= 4 is 28.9 Å². The zero-order valence-electron chi connectivity index (χ0n) is 21.4. The van der Waals surface area contributed by atoms with Gasteiger partial charge in [0.1, 0.15) is 17.2 Å². The van der Waals surface area contributed by atoms with Crippen LogP contribution >= 0.6 is 0 Å². The molecular formula is C31H30N2O5. The van der Waals surface area contributed by atoms with Crippen LogP contribution in [0.25, 0.3) is 10.8 Å². The summed E-state index contributed by atoms with van der Waals surface area (Å²) in [6, 6.07) is 27.3. The number of esters is 1. The Bertz CT molecular complexity index is 1400. The second-order valence-corrected chi connectivity index (χ2v) is 8.69. The van der Waals surface area contributed by atoms with E-state index in [1.165, 1.54) is 6.21 Å². The van der Waals surface area contributed by atoms with Gasteiger partial charge in [-0.3, -0.25) is 4.79 Å². The Hall–Kier alpha value is -4.65. The van der Waals surface area contributed by atoms with Gasteiger partial charge in [-0.15, -0.1) is 0 Å². The van der Waals surface area contributed by atoms with Crippen molar-refractivity contribution in [3.05, 3.63) is 102 Å². The van der Waals surface area contributed by atoms with Gasteiger partial charge in [-0.1, -0.05) is 43.7 Å². The molecular weight excluding hydrogens is 480 g/mol. The maximum absolute atomic E-state index is 12.4. The van der Waals surface area contributed by atoms with Crippen molar-refractivity contribution in [3.63, 3.8) is 0 Å². The number of fused-ring (bicyclic) bond motifs is 1. The van der Waals surface area contributed by atoms with Crippen LogP contribution in [0.3, 0.4) is 0 Å². The summed E-state index contributed by atoms with van der Waals surface area (Å²) in [4.78, 5) is 24.8. The van der Waals surface area contributed by atoms with E-state index in [9.17, 15) is 9.59 Å². The van der Waals surface area contributed by atoms with Gasteiger partial charge < -0.3 is 14.2 Å². The van der Waals surface area contributed by atoms with E-state index in [0.29, 0.717) is 23.7 Å². The maximum atomic E-state index is 12.4. The lowest BCUT2D eigenvalue weighted by atomic mass is 10.1. The van der Waals surface area contributed by atoms with Gasteiger partial charge in [0.15, 0.2) is 6.10 Å². The molecule has 1 amide bonds. The van der Waals surface area contributed by atoms with E-state index in [4.69, 9.17) is 14.2 Å². The van der Waals surface area contributed by atoms with Gasteiger partial charge in [0.05, 0.1) is 18.4 Å². The first-order valence-electron chi connectivity index (χ1n) is 12.6. The van der Waals surface area contributed by atoms with Crippen molar-refractivity contribution in [3.8, 4) is 17.2 Å². The van der Waals surface area contributed by atoms with E-state index in [2.05, 4.69) is 17.5 Å². The lowest BCUT2D eigenvalue weighted by Gasteiger charge is -2.13. The molecule has 7 nitrogen and oxygen atoms in total. The second-order valence-electron chi connectivity index (χ2n) is 8.69. The van der Waals surface area contributed by atoms with Gasteiger partial charge >= 0.3 is 5.97 Å². The number of rotatable bonds is 11. The summed E-state index contributed by atoms with van der Waals surface area (Å²) in [5.41, 5.74) is 3.64. The molecule has 0 aliphatic heterocycles. The molecule has 38 heavy (non-hydrogen) atoms. The predicted molar refractivity (Wildman–Crippen MR) is 148 cm³/mol. The van der Waals surface area contributed by atoms with Gasteiger partial charge in [-0.05, 0) is 90.3 Å². The molecule has 0 bridgehead atoms. The Morgan fingerprint density at radius 1 is 0.868 bits per heavy atom. The number of ether oxygens (including phenoxy) is 3. The summed E-state index contributed by atoms with van der Waals surface area (Å²) < 4.78 is 16.8. The zero-order chi connectivity index (χ0) is 26.7. The van der Waals surface area contributed by atoms with Crippen LogP contribution in [-0.4, -0.2) is 30.8 Å². The van der Waals surface area contributed by atoms with Gasteiger partial charge in [-0.2, -0.15) is 5.10 Å². The van der Waals surface area contributed by atoms with E-state index >= 15 is 0 Å². The number of hydrogen-bond donors (Lipinski definition) is 1. The first-order valence-corrected chi connectivity index (χ1v) is 12.6. The average Bonchev–Trinajstić information content (AvgIpc) is 2.94. The molecule has 1 N–H and O–H groups in total. The highest BCUT2D eigenvalue weighted by Gasteiger charge is 2.14. The number of benzene rings is 4. The van der Waals surface area contributed by atoms with Crippen molar-refractivity contribution in [1.29, 1.82) is 0 Å². The van der Waals surface area contributed by atoms with Crippen LogP contribution in [0.4, 0.5) is 0 Å². The van der Waals surface area contributed by atoms with E-state index < -0.39 is 12.1 Å². The first-order chi connectivity index (χ1) is 18.5. The number of nitrogens with one attached hydrogen (secondary N) is 1. The molecule has 7 heteroatoms. The minimum absolute atomic E-state index is 0.373. The fourth-order valence-electron chi connectivity index (χ4n) is 3.57. The van der Waals surface area contributed by atoms with Crippen molar-refractivity contribution in [2.75, 3.05) is 6.61 Å². The molecule has 4 rings (SSSR count). The van der Waals surface area contributed by atoms with Crippen molar-refractivity contribution in [1.82, 2.24) is 5.43 Å². The van der Waals surface area contributed by atoms with Crippen molar-refractivity contribution < 1.29 is 23.8 Å². The number of carbonyl (C=O) groups excluding carboxylic acids is 2. The van der Waals surface area contributed by atoms with E-state index in [1.807, 2.05) is 42.5 Å². The minimum Gasteiger partial charge on any atom is -0.494 e. The molecule has 0 aliphatic rings. The normalized spacial score (nSPS) is 11.7. The van der Waals surface area contributed by atoms with E-state index in [-0.39, 0.29) is 5.91 Å². The fourth-order valence-corrected chi connectivity index (χ4v) is 3.57. The zero-order valence-corrected chi connectivity index (χ0v) is 21.4. The second kappa shape index (κ2) is 13.1. The first kappa shape index (κ1) is 26.4. The SMILES string of the molecule is CCCCOc1ccc(C(=O)Oc2ccc(/C=N/NC(=O)C(C)Oc3ccc4ccccc4c3)cc2)cc1. The predicted octanol–water partition coefficient (Wildman–Crippen LogP) is 6.16. The summed E-state index contributed by atoms with van der Waals surface area (Å²) in [6.45, 7) is 4.42. The molecule has 0 spiro atoms. The van der Waals surface area contributed by atoms with Gasteiger partial charge in [0.25, 0.3) is 5.91 Å². The van der Waals surface area contributed by atoms with Gasteiger partial charge in [0.2, 0.25) is 0 Å². The van der Waals surface area contributed by atoms with Crippen LogP contribution in [-0.2, 0) is 4.79 Å². The monoisotopic (exact) mass is 510 g/mol. The number of carbonyl (C=O) groups is 2. The van der Waals surface area contributed by atoms with Crippen LogP contribution in [0.5, 0.6) is 17.2 Å². The van der Waals surface area contributed by atoms with Crippen LogP contribution in [0, 0.1) is 0 Å². The van der Waals surface area contributed by atoms with Crippen LogP contribution in [0.1, 0.15) is 42.6 Å². The number of amides is 1. The lowest BCUT2D eigenvalue weighted by Crippen LogP contribution is -2.33. The molecule has 0 aliphatic carbocycles. The minimum atomic E-state index is -0.730. The third-order valence-corrected chi connectivity index (χ3v) is 5.74. The standard InChI is InChI=1S/C31H30N2O5/c1-3-4-19-36-27-16-12-25(13-17-27)31(35)38-28-14-9-23(10-15-28)21-32-33-30(34)22(2)37-29-18-11-24-7-5-6-8-26(24)20-29/h5-18,20-22H,3-4,19H2,1-2H3,(H,33,34)/b32-21+. The smallest absolute Gasteiger partial charge is 0.343 e. The molecule has 194 valence electrons. The molecule has 0 aromatic heterocycles. The van der Waals surface area contributed by atoms with Crippen molar-refractivity contribution in [2.24, 2.45) is 5.10 Å². The molecule has 1 unspecified atom stereocenters. The number of unbranched alkanes of at least 4 members (excludes halogenated alkanes) is 1. The molecule has 4 aromatic carbocycles. The molecule has 0 saturated heterocycles. The van der Waals surface area contributed by atoms with Crippen molar-refractivity contribution in [2.45, 2.75) is 32.8 Å². The summed E-state index contributed by atoms with van der Waals surface area (Å²) in [7, 11) is 0. The number of nitrogens with zero attached hydrogens (tertiary/aromatic N) is 1. The summed E-state index contributed by atoms with van der Waals surface area (Å²) >= 11 is 0. The average molecular weight is 511 g/mol. The largest absolute Gasteiger partial charge is 0.494 e. The highest BCUT2D eigenvalue weighted by atomic mass is 16.5. The lowest BCUT2D eigenvalue weighted by molar-refractivity contribution is -0.127. The van der Waals surface area contributed by atoms with E-state index in [0.717, 1.165) is 34.9 Å². The van der Waals surface area contributed by atoms with Crippen LogP contribution < -0.4 is 19.6 Å². The van der Waals surface area contributed by atoms with Crippen LogP contribution in [0.2, 0.25) is 0 Å². The Balaban J connectivity index is 1.24. The van der Waals surface area contributed by atoms with E-state index in [1.54, 1.807) is 55.5 Å². The summed E-state index contributed by atoms with van der Waals surface area (Å²) in [5.74, 6) is 0.898. The van der Waals surface area contributed by atoms with Gasteiger partial charge in [0, 0.05) is 0 Å². The quantitative estimate of drug-likeness (QED) is 0.0859. The highest BCUT2D eigenvalue weighted by molar-refractivity contribution is 5.91. The van der Waals surface area contributed by atoms with Crippen LogP contribution in [0.15, 0.2) is 96.1 Å². The molecule has 1 atom stereocenters. The van der Waals surface area contributed by atoms with Gasteiger partial charge in [-0.25, -0.2) is 10.2 Å². The Kier molecular flexibility index (Phi) is 9.07. The molecule has 0 radical (unpaired) electrons. The molecule has 0 saturated carbocycles. The molecule has 0 heterocycles. The summed E-state index contributed by atoms with van der Waals surface area (Å²) in [6.07, 6.45) is 2.82. The Morgan fingerprint density at radius 2 is 1.55 bits per heavy atom. The molecule has 4 aromatic rings. The molecule has 0 fully saturated rings. The third kappa shape index (κ3) is 7.43. The Morgan fingerprint density at radius 3 is 2.29 bits per heavy atom.